The molecule has 1 saturated heterocycles. The number of nitrogens with two attached hydrogens (primary N) is 1. The van der Waals surface area contributed by atoms with Crippen LogP contribution in [0.4, 0.5) is 0 Å². The average molecular weight is 284 g/mol. The predicted molar refractivity (Wildman–Crippen MR) is 73.1 cm³/mol. The fourth-order valence-corrected chi connectivity index (χ4v) is 3.19. The highest BCUT2D eigenvalue weighted by molar-refractivity contribution is 5.84. The molecular weight excluding hydrogens is 260 g/mol. The molecule has 1 aliphatic carbocycles. The summed E-state index contributed by atoms with van der Waals surface area (Å²) in [7, 11) is 0. The van der Waals surface area contributed by atoms with Crippen molar-refractivity contribution in [3.05, 3.63) is 0 Å². The molecule has 2 atom stereocenters. The number of amides is 1. The Balaban J connectivity index is 2.03. The van der Waals surface area contributed by atoms with Crippen LogP contribution in [0.25, 0.3) is 0 Å². The van der Waals surface area contributed by atoms with E-state index < -0.39 is 23.3 Å². The first-order chi connectivity index (χ1) is 9.59. The summed E-state index contributed by atoms with van der Waals surface area (Å²) >= 11 is 0. The van der Waals surface area contributed by atoms with Gasteiger partial charge in [0, 0.05) is 6.54 Å². The summed E-state index contributed by atoms with van der Waals surface area (Å²) in [5.74, 6) is -1.67. The van der Waals surface area contributed by atoms with Gasteiger partial charge in [0.25, 0.3) is 0 Å². The molecule has 0 bridgehead atoms. The maximum Gasteiger partial charge on any atom is 0.311 e. The molecule has 20 heavy (non-hydrogen) atoms. The zero-order valence-electron chi connectivity index (χ0n) is 11.8. The van der Waals surface area contributed by atoms with Gasteiger partial charge in [0.1, 0.15) is 5.92 Å². The van der Waals surface area contributed by atoms with Crippen LogP contribution in [-0.2, 0) is 14.3 Å². The van der Waals surface area contributed by atoms with Gasteiger partial charge in [-0.25, -0.2) is 0 Å². The lowest BCUT2D eigenvalue weighted by Crippen LogP contribution is -2.52. The van der Waals surface area contributed by atoms with Crippen LogP contribution in [0.15, 0.2) is 0 Å². The molecule has 114 valence electrons. The van der Waals surface area contributed by atoms with Crippen LogP contribution in [0.3, 0.4) is 0 Å². The van der Waals surface area contributed by atoms with Crippen LogP contribution >= 0.6 is 0 Å². The van der Waals surface area contributed by atoms with Crippen molar-refractivity contribution in [3.63, 3.8) is 0 Å². The van der Waals surface area contributed by atoms with Crippen molar-refractivity contribution in [2.24, 2.45) is 17.1 Å². The van der Waals surface area contributed by atoms with Crippen molar-refractivity contribution in [1.29, 1.82) is 0 Å². The van der Waals surface area contributed by atoms with Crippen molar-refractivity contribution in [2.75, 3.05) is 19.8 Å². The number of carboxylic acid groups (broad SMARTS) is 1. The number of carbonyl (C=O) groups is 2. The third-order valence-electron chi connectivity index (χ3n) is 4.65. The number of nitrogens with one attached hydrogen (secondary N) is 1. The standard InChI is InChI=1S/C14H24N2O4/c15-9-14(5-3-1-2-4-6-14)13(19)16-11-8-20-7-10(11)12(17)18/h10-11H,1-9,15H2,(H,16,19)(H,17,18). The Kier molecular flexibility index (Phi) is 4.99. The molecule has 6 heteroatoms. The molecule has 2 unspecified atom stereocenters. The van der Waals surface area contributed by atoms with Gasteiger partial charge in [0.15, 0.2) is 0 Å². The highest BCUT2D eigenvalue weighted by Crippen LogP contribution is 2.34. The molecule has 0 spiro atoms. The molecule has 2 aliphatic rings. The van der Waals surface area contributed by atoms with E-state index in [1.807, 2.05) is 0 Å². The van der Waals surface area contributed by atoms with Crippen LogP contribution < -0.4 is 11.1 Å². The summed E-state index contributed by atoms with van der Waals surface area (Å²) in [6.07, 6.45) is 5.88. The monoisotopic (exact) mass is 284 g/mol. The molecule has 0 aromatic rings. The number of hydrogen-bond donors (Lipinski definition) is 3. The highest BCUT2D eigenvalue weighted by atomic mass is 16.5. The van der Waals surface area contributed by atoms with Crippen molar-refractivity contribution in [3.8, 4) is 0 Å². The molecule has 1 amide bonds. The minimum atomic E-state index is -0.921. The van der Waals surface area contributed by atoms with E-state index >= 15 is 0 Å². The Morgan fingerprint density at radius 2 is 1.85 bits per heavy atom. The molecule has 0 aromatic carbocycles. The minimum absolute atomic E-state index is 0.0938. The van der Waals surface area contributed by atoms with Crippen molar-refractivity contribution >= 4 is 11.9 Å². The smallest absolute Gasteiger partial charge is 0.311 e. The van der Waals surface area contributed by atoms with E-state index in [-0.39, 0.29) is 19.1 Å². The lowest BCUT2D eigenvalue weighted by molar-refractivity contribution is -0.142. The summed E-state index contributed by atoms with van der Waals surface area (Å²) in [5, 5.41) is 12.0. The largest absolute Gasteiger partial charge is 0.481 e. The second kappa shape index (κ2) is 6.54. The SMILES string of the molecule is NCC1(C(=O)NC2COCC2C(=O)O)CCCCCC1. The van der Waals surface area contributed by atoms with Gasteiger partial charge >= 0.3 is 5.97 Å². The van der Waals surface area contributed by atoms with Gasteiger partial charge < -0.3 is 20.9 Å². The van der Waals surface area contributed by atoms with Crippen LogP contribution in [0.5, 0.6) is 0 Å². The van der Waals surface area contributed by atoms with Crippen LogP contribution in [0.1, 0.15) is 38.5 Å². The van der Waals surface area contributed by atoms with Gasteiger partial charge in [0.2, 0.25) is 5.91 Å². The molecule has 4 N–H and O–H groups in total. The van der Waals surface area contributed by atoms with Crippen LogP contribution in [-0.4, -0.2) is 42.8 Å². The van der Waals surface area contributed by atoms with Crippen molar-refractivity contribution in [1.82, 2.24) is 5.32 Å². The summed E-state index contributed by atoms with van der Waals surface area (Å²) in [6.45, 7) is 0.753. The Hall–Kier alpha value is -1.14. The molecule has 2 rings (SSSR count). The topological polar surface area (TPSA) is 102 Å². The molecule has 1 heterocycles. The summed E-state index contributed by atoms with van der Waals surface area (Å²) in [6, 6.07) is -0.438. The zero-order valence-corrected chi connectivity index (χ0v) is 11.8. The molecule has 0 radical (unpaired) electrons. The second-order valence-corrected chi connectivity index (χ2v) is 5.96. The fraction of sp³-hybridized carbons (Fsp3) is 0.857. The molecule has 1 aliphatic heterocycles. The van der Waals surface area contributed by atoms with E-state index in [9.17, 15) is 9.59 Å². The maximum absolute atomic E-state index is 12.6. The van der Waals surface area contributed by atoms with Gasteiger partial charge in [-0.05, 0) is 12.8 Å². The Bertz CT molecular complexity index is 364. The Labute approximate surface area is 119 Å². The molecule has 1 saturated carbocycles. The van der Waals surface area contributed by atoms with Gasteiger partial charge in [0.05, 0.1) is 24.7 Å². The lowest BCUT2D eigenvalue weighted by atomic mass is 9.79. The first-order valence-electron chi connectivity index (χ1n) is 7.41. The van der Waals surface area contributed by atoms with Crippen molar-refractivity contribution in [2.45, 2.75) is 44.6 Å². The van der Waals surface area contributed by atoms with E-state index in [1.165, 1.54) is 0 Å². The van der Waals surface area contributed by atoms with Gasteiger partial charge in [-0.1, -0.05) is 25.7 Å². The summed E-state index contributed by atoms with van der Waals surface area (Å²) < 4.78 is 5.18. The number of rotatable bonds is 4. The zero-order chi connectivity index (χ0) is 14.6. The normalized spacial score (nSPS) is 29.6. The van der Waals surface area contributed by atoms with E-state index in [4.69, 9.17) is 15.6 Å². The lowest BCUT2D eigenvalue weighted by Gasteiger charge is -2.31. The van der Waals surface area contributed by atoms with E-state index in [0.717, 1.165) is 38.5 Å². The number of carboxylic acids is 1. The van der Waals surface area contributed by atoms with E-state index in [0.29, 0.717) is 6.54 Å². The number of hydrogen-bond acceptors (Lipinski definition) is 4. The average Bonchev–Trinajstić information content (AvgIpc) is 2.75. The Morgan fingerprint density at radius 3 is 2.40 bits per heavy atom. The second-order valence-electron chi connectivity index (χ2n) is 5.96. The van der Waals surface area contributed by atoms with E-state index in [1.54, 1.807) is 0 Å². The first-order valence-corrected chi connectivity index (χ1v) is 7.41. The minimum Gasteiger partial charge on any atom is -0.481 e. The maximum atomic E-state index is 12.6. The third-order valence-corrected chi connectivity index (χ3v) is 4.65. The Morgan fingerprint density at radius 1 is 1.20 bits per heavy atom. The molecule has 2 fully saturated rings. The van der Waals surface area contributed by atoms with Gasteiger partial charge in [-0.15, -0.1) is 0 Å². The van der Waals surface area contributed by atoms with Gasteiger partial charge in [-0.2, -0.15) is 0 Å². The number of carbonyl (C=O) groups excluding carboxylic acids is 1. The quantitative estimate of drug-likeness (QED) is 0.653. The third kappa shape index (κ3) is 3.12. The number of aliphatic carboxylic acids is 1. The molecule has 0 aromatic heterocycles. The highest BCUT2D eigenvalue weighted by Gasteiger charge is 2.41. The molecular formula is C14H24N2O4. The fourth-order valence-electron chi connectivity index (χ4n) is 3.19. The van der Waals surface area contributed by atoms with Crippen LogP contribution in [0, 0.1) is 11.3 Å². The summed E-state index contributed by atoms with van der Waals surface area (Å²) in [5.41, 5.74) is 5.34. The summed E-state index contributed by atoms with van der Waals surface area (Å²) in [4.78, 5) is 23.7. The van der Waals surface area contributed by atoms with Crippen LogP contribution in [0.2, 0.25) is 0 Å². The molecule has 6 nitrogen and oxygen atoms in total. The predicted octanol–water partition coefficient (Wildman–Crippen LogP) is 0.501. The van der Waals surface area contributed by atoms with E-state index in [2.05, 4.69) is 5.32 Å². The van der Waals surface area contributed by atoms with Gasteiger partial charge in [-0.3, -0.25) is 9.59 Å². The number of ether oxygens (including phenoxy) is 1. The van der Waals surface area contributed by atoms with Crippen molar-refractivity contribution < 1.29 is 19.4 Å². The first kappa shape index (κ1) is 15.3.